The van der Waals surface area contributed by atoms with E-state index in [2.05, 4.69) is 25.9 Å². The predicted octanol–water partition coefficient (Wildman–Crippen LogP) is 1.37. The molecule has 0 fully saturated rings. The Balaban J connectivity index is 3.72. The van der Waals surface area contributed by atoms with E-state index in [4.69, 9.17) is 5.84 Å². The third-order valence-corrected chi connectivity index (χ3v) is 1.19. The molecule has 2 heteroatoms. The van der Waals surface area contributed by atoms with E-state index in [0.29, 0.717) is 5.92 Å². The number of nitrogens with two attached hydrogens (primary N) is 1. The minimum absolute atomic E-state index is 0.505. The minimum atomic E-state index is 0.505. The van der Waals surface area contributed by atoms with E-state index in [-0.39, 0.29) is 0 Å². The first-order valence-corrected chi connectivity index (χ1v) is 2.99. The lowest BCUT2D eigenvalue weighted by Crippen LogP contribution is -2.07. The Bertz CT molecular complexity index is 84.5. The molecule has 0 aromatic carbocycles. The summed E-state index contributed by atoms with van der Waals surface area (Å²) in [5.74, 6) is 5.58. The topological polar surface area (TPSA) is 38.4 Å². The zero-order valence-electron chi connectivity index (χ0n) is 5.81. The van der Waals surface area contributed by atoms with Gasteiger partial charge in [0.25, 0.3) is 0 Å². The van der Waals surface area contributed by atoms with Crippen LogP contribution in [-0.4, -0.2) is 5.71 Å². The van der Waals surface area contributed by atoms with Crippen LogP contribution in [0.3, 0.4) is 0 Å². The molecule has 0 aliphatic heterocycles. The highest BCUT2D eigenvalue weighted by atomic mass is 15.1. The molecule has 2 N–H and O–H groups in total. The summed E-state index contributed by atoms with van der Waals surface area (Å²) in [6, 6.07) is 0. The van der Waals surface area contributed by atoms with E-state index in [1.54, 1.807) is 0 Å². The molecule has 8 heavy (non-hydrogen) atoms. The average molecular weight is 114 g/mol. The fourth-order valence-electron chi connectivity index (χ4n) is 0.649. The summed E-state index contributed by atoms with van der Waals surface area (Å²) in [4.78, 5) is 0. The van der Waals surface area contributed by atoms with E-state index >= 15 is 0 Å². The maximum Gasteiger partial charge on any atom is 0.0398 e. The van der Waals surface area contributed by atoms with Crippen molar-refractivity contribution in [2.75, 3.05) is 0 Å². The summed E-state index contributed by atoms with van der Waals surface area (Å²) < 4.78 is 0. The van der Waals surface area contributed by atoms with Gasteiger partial charge in [-0.2, -0.15) is 5.10 Å². The molecule has 0 heterocycles. The lowest BCUT2D eigenvalue weighted by molar-refractivity contribution is 0.847. The van der Waals surface area contributed by atoms with E-state index in [1.165, 1.54) is 0 Å². The second kappa shape index (κ2) is 3.47. The van der Waals surface area contributed by atoms with Gasteiger partial charge in [-0.25, -0.2) is 0 Å². The molecule has 0 atom stereocenters. The lowest BCUT2D eigenvalue weighted by atomic mass is 10.1. The van der Waals surface area contributed by atoms with Gasteiger partial charge in [0, 0.05) is 5.71 Å². The van der Waals surface area contributed by atoms with Crippen LogP contribution in [0, 0.1) is 5.92 Å². The molecule has 0 rings (SSSR count). The maximum absolute atomic E-state index is 5.07. The zero-order chi connectivity index (χ0) is 6.57. The normalized spacial score (nSPS) is 12.8. The lowest BCUT2D eigenvalue weighted by Gasteiger charge is -2.02. The fraction of sp³-hybridized carbons (Fsp3) is 0.833. The molecule has 0 spiro atoms. The molecule has 0 aliphatic carbocycles. The summed E-state index contributed by atoms with van der Waals surface area (Å²) in [6.45, 7) is 6.25. The van der Waals surface area contributed by atoms with Crippen LogP contribution in [-0.2, 0) is 0 Å². The Morgan fingerprint density at radius 2 is 2.12 bits per heavy atom. The van der Waals surface area contributed by atoms with Crippen molar-refractivity contribution in [2.45, 2.75) is 27.2 Å². The van der Waals surface area contributed by atoms with E-state index in [0.717, 1.165) is 12.1 Å². The smallest absolute Gasteiger partial charge is 0.0398 e. The summed E-state index contributed by atoms with van der Waals surface area (Å²) >= 11 is 0. The molecular formula is C6H14N2. The van der Waals surface area contributed by atoms with Gasteiger partial charge in [0.1, 0.15) is 0 Å². The SMILES string of the molecule is CC/C(=N/N)C(C)C. The monoisotopic (exact) mass is 114 g/mol. The van der Waals surface area contributed by atoms with Gasteiger partial charge in [-0.1, -0.05) is 20.8 Å². The van der Waals surface area contributed by atoms with Crippen LogP contribution in [0.2, 0.25) is 0 Å². The largest absolute Gasteiger partial charge is 0.323 e. The van der Waals surface area contributed by atoms with Gasteiger partial charge in [0.2, 0.25) is 0 Å². The van der Waals surface area contributed by atoms with Crippen molar-refractivity contribution in [3.63, 3.8) is 0 Å². The van der Waals surface area contributed by atoms with Gasteiger partial charge in [-0.15, -0.1) is 0 Å². The molecule has 0 saturated heterocycles. The van der Waals surface area contributed by atoms with Crippen molar-refractivity contribution < 1.29 is 0 Å². The molecule has 0 aromatic heterocycles. The molecule has 0 aromatic rings. The van der Waals surface area contributed by atoms with Crippen LogP contribution >= 0.6 is 0 Å². The quantitative estimate of drug-likeness (QED) is 0.328. The second-order valence-electron chi connectivity index (χ2n) is 2.13. The number of hydrogen-bond donors (Lipinski definition) is 1. The number of hydrogen-bond acceptors (Lipinski definition) is 2. The van der Waals surface area contributed by atoms with Gasteiger partial charge in [-0.05, 0) is 12.3 Å². The summed E-state index contributed by atoms with van der Waals surface area (Å²) in [5, 5.41) is 3.62. The molecule has 0 amide bonds. The Morgan fingerprint density at radius 3 is 2.12 bits per heavy atom. The molecule has 0 radical (unpaired) electrons. The van der Waals surface area contributed by atoms with Crippen LogP contribution in [0.5, 0.6) is 0 Å². The van der Waals surface area contributed by atoms with Crippen molar-refractivity contribution >= 4 is 5.71 Å². The van der Waals surface area contributed by atoms with Crippen LogP contribution in [0.25, 0.3) is 0 Å². The summed E-state index contributed by atoms with van der Waals surface area (Å²) in [5.41, 5.74) is 1.09. The van der Waals surface area contributed by atoms with Gasteiger partial charge >= 0.3 is 0 Å². The highest BCUT2D eigenvalue weighted by Gasteiger charge is 1.99. The average Bonchev–Trinajstić information content (AvgIpc) is 1.69. The predicted molar refractivity (Wildman–Crippen MR) is 36.8 cm³/mol. The number of hydrazone groups is 1. The molecule has 0 unspecified atom stereocenters. The van der Waals surface area contributed by atoms with E-state index < -0.39 is 0 Å². The minimum Gasteiger partial charge on any atom is -0.323 e. The van der Waals surface area contributed by atoms with Crippen molar-refractivity contribution in [1.82, 2.24) is 0 Å². The van der Waals surface area contributed by atoms with Crippen molar-refractivity contribution in [1.29, 1.82) is 0 Å². The first kappa shape index (κ1) is 7.47. The Labute approximate surface area is 50.8 Å². The molecular weight excluding hydrogens is 100 g/mol. The third-order valence-electron chi connectivity index (χ3n) is 1.19. The van der Waals surface area contributed by atoms with Gasteiger partial charge < -0.3 is 5.84 Å². The molecule has 0 aliphatic rings. The van der Waals surface area contributed by atoms with E-state index in [9.17, 15) is 0 Å². The maximum atomic E-state index is 5.07. The van der Waals surface area contributed by atoms with Gasteiger partial charge in [-0.3, -0.25) is 0 Å². The molecule has 0 bridgehead atoms. The van der Waals surface area contributed by atoms with Crippen molar-refractivity contribution in [3.05, 3.63) is 0 Å². The highest BCUT2D eigenvalue weighted by Crippen LogP contribution is 1.98. The van der Waals surface area contributed by atoms with Crippen LogP contribution in [0.4, 0.5) is 0 Å². The summed E-state index contributed by atoms with van der Waals surface area (Å²) in [6.07, 6.45) is 0.966. The van der Waals surface area contributed by atoms with E-state index in [1.807, 2.05) is 0 Å². The Hall–Kier alpha value is -0.530. The van der Waals surface area contributed by atoms with Crippen LogP contribution < -0.4 is 5.84 Å². The summed E-state index contributed by atoms with van der Waals surface area (Å²) in [7, 11) is 0. The first-order chi connectivity index (χ1) is 3.72. The van der Waals surface area contributed by atoms with Gasteiger partial charge in [0.05, 0.1) is 0 Å². The zero-order valence-corrected chi connectivity index (χ0v) is 5.81. The van der Waals surface area contributed by atoms with Crippen LogP contribution in [0.15, 0.2) is 5.10 Å². The number of nitrogens with zero attached hydrogens (tertiary/aromatic N) is 1. The van der Waals surface area contributed by atoms with Crippen molar-refractivity contribution in [3.8, 4) is 0 Å². The number of rotatable bonds is 2. The third kappa shape index (κ3) is 1.96. The highest BCUT2D eigenvalue weighted by molar-refractivity contribution is 5.85. The fourth-order valence-corrected chi connectivity index (χ4v) is 0.649. The molecule has 2 nitrogen and oxygen atoms in total. The standard InChI is InChI=1S/C6H14N2/c1-4-6(8-7)5(2)3/h5H,4,7H2,1-3H3/b8-6-. The molecule has 48 valence electrons. The van der Waals surface area contributed by atoms with Crippen molar-refractivity contribution in [2.24, 2.45) is 16.9 Å². The van der Waals surface area contributed by atoms with Crippen LogP contribution in [0.1, 0.15) is 27.2 Å². The molecule has 0 saturated carbocycles. The Morgan fingerprint density at radius 1 is 1.62 bits per heavy atom. The Kier molecular flexibility index (Phi) is 3.24. The van der Waals surface area contributed by atoms with Gasteiger partial charge in [0.15, 0.2) is 0 Å². The first-order valence-electron chi connectivity index (χ1n) is 2.99. The second-order valence-corrected chi connectivity index (χ2v) is 2.13.